The summed E-state index contributed by atoms with van der Waals surface area (Å²) in [6.07, 6.45) is 2.07. The second-order valence-corrected chi connectivity index (χ2v) is 5.89. The molecular formula is C15H22N2O2S. The zero-order chi connectivity index (χ0) is 14.4. The fourth-order valence-corrected chi connectivity index (χ4v) is 2.65. The molecule has 1 amide bonds. The molecule has 0 spiro atoms. The number of carbonyl (C=O) groups is 1. The van der Waals surface area contributed by atoms with Gasteiger partial charge in [-0.05, 0) is 31.0 Å². The summed E-state index contributed by atoms with van der Waals surface area (Å²) < 4.78 is 5.26. The lowest BCUT2D eigenvalue weighted by Crippen LogP contribution is -2.44. The molecule has 2 rings (SSSR count). The zero-order valence-electron chi connectivity index (χ0n) is 12.2. The molecule has 1 fully saturated rings. The molecule has 0 aromatic heterocycles. The first-order valence-electron chi connectivity index (χ1n) is 6.86. The Morgan fingerprint density at radius 2 is 1.95 bits per heavy atom. The molecule has 1 aromatic carbocycles. The summed E-state index contributed by atoms with van der Waals surface area (Å²) in [4.78, 5) is 17.3. The standard InChI is InChI=1S/C15H22N2O2S/c1-16(11-13-3-5-14(20-2)6-4-13)12-15(18)17-7-9-19-10-8-17/h3-6H,7-12H2,1-2H3. The SMILES string of the molecule is CSc1ccc(CN(C)CC(=O)N2CCOCC2)cc1. The summed E-state index contributed by atoms with van der Waals surface area (Å²) in [5, 5.41) is 0. The summed E-state index contributed by atoms with van der Waals surface area (Å²) in [5.74, 6) is 0.191. The molecule has 20 heavy (non-hydrogen) atoms. The molecule has 0 unspecified atom stereocenters. The van der Waals surface area contributed by atoms with Crippen molar-refractivity contribution >= 4 is 17.7 Å². The fourth-order valence-electron chi connectivity index (χ4n) is 2.24. The number of morpholine rings is 1. The van der Waals surface area contributed by atoms with Gasteiger partial charge in [0.1, 0.15) is 0 Å². The Labute approximate surface area is 125 Å². The minimum absolute atomic E-state index is 0.191. The van der Waals surface area contributed by atoms with Crippen LogP contribution in [0.1, 0.15) is 5.56 Å². The van der Waals surface area contributed by atoms with E-state index in [0.717, 1.165) is 19.6 Å². The quantitative estimate of drug-likeness (QED) is 0.774. The number of hydrogen-bond donors (Lipinski definition) is 0. The molecule has 1 aliphatic rings. The van der Waals surface area contributed by atoms with Gasteiger partial charge in [0.2, 0.25) is 5.91 Å². The van der Waals surface area contributed by atoms with Crippen molar-refractivity contribution in [3.8, 4) is 0 Å². The first-order chi connectivity index (χ1) is 9.69. The predicted molar refractivity (Wildman–Crippen MR) is 82.0 cm³/mol. The van der Waals surface area contributed by atoms with Crippen LogP contribution in [-0.2, 0) is 16.1 Å². The number of likely N-dealkylation sites (N-methyl/N-ethyl adjacent to an activating group) is 1. The molecule has 0 radical (unpaired) electrons. The predicted octanol–water partition coefficient (Wildman–Crippen LogP) is 1.70. The smallest absolute Gasteiger partial charge is 0.236 e. The van der Waals surface area contributed by atoms with Gasteiger partial charge in [-0.1, -0.05) is 12.1 Å². The van der Waals surface area contributed by atoms with Gasteiger partial charge in [0.05, 0.1) is 19.8 Å². The molecule has 110 valence electrons. The van der Waals surface area contributed by atoms with E-state index >= 15 is 0 Å². The van der Waals surface area contributed by atoms with Crippen LogP contribution >= 0.6 is 11.8 Å². The third-order valence-electron chi connectivity index (χ3n) is 3.38. The molecular weight excluding hydrogens is 272 g/mol. The van der Waals surface area contributed by atoms with Gasteiger partial charge in [-0.15, -0.1) is 11.8 Å². The number of benzene rings is 1. The average molecular weight is 294 g/mol. The third-order valence-corrected chi connectivity index (χ3v) is 4.12. The maximum atomic E-state index is 12.1. The number of hydrogen-bond acceptors (Lipinski definition) is 4. The highest BCUT2D eigenvalue weighted by atomic mass is 32.2. The molecule has 0 saturated carbocycles. The minimum atomic E-state index is 0.191. The summed E-state index contributed by atoms with van der Waals surface area (Å²) in [5.41, 5.74) is 1.24. The molecule has 1 aliphatic heterocycles. The Kier molecular flexibility index (Phi) is 5.88. The Hall–Kier alpha value is -1.04. The largest absolute Gasteiger partial charge is 0.378 e. The highest BCUT2D eigenvalue weighted by Crippen LogP contribution is 2.15. The van der Waals surface area contributed by atoms with Crippen molar-refractivity contribution in [2.24, 2.45) is 0 Å². The van der Waals surface area contributed by atoms with Crippen LogP contribution in [-0.4, -0.2) is 61.9 Å². The third kappa shape index (κ3) is 4.51. The van der Waals surface area contributed by atoms with Crippen LogP contribution in [0.25, 0.3) is 0 Å². The number of amides is 1. The zero-order valence-corrected chi connectivity index (χ0v) is 13.0. The highest BCUT2D eigenvalue weighted by Gasteiger charge is 2.18. The van der Waals surface area contributed by atoms with Crippen molar-refractivity contribution in [1.29, 1.82) is 0 Å². The lowest BCUT2D eigenvalue weighted by atomic mass is 10.2. The van der Waals surface area contributed by atoms with E-state index in [1.165, 1.54) is 10.5 Å². The Morgan fingerprint density at radius 1 is 1.30 bits per heavy atom. The molecule has 4 nitrogen and oxygen atoms in total. The molecule has 0 bridgehead atoms. The van der Waals surface area contributed by atoms with E-state index in [0.29, 0.717) is 19.8 Å². The van der Waals surface area contributed by atoms with Gasteiger partial charge in [0.25, 0.3) is 0 Å². The van der Waals surface area contributed by atoms with E-state index < -0.39 is 0 Å². The number of rotatable bonds is 5. The molecule has 0 aliphatic carbocycles. The van der Waals surface area contributed by atoms with E-state index in [1.54, 1.807) is 11.8 Å². The Morgan fingerprint density at radius 3 is 2.55 bits per heavy atom. The molecule has 1 aromatic rings. The van der Waals surface area contributed by atoms with Crippen molar-refractivity contribution in [1.82, 2.24) is 9.80 Å². The van der Waals surface area contributed by atoms with Crippen LogP contribution in [0.3, 0.4) is 0 Å². The topological polar surface area (TPSA) is 32.8 Å². The van der Waals surface area contributed by atoms with Gasteiger partial charge in [-0.25, -0.2) is 0 Å². The van der Waals surface area contributed by atoms with E-state index in [9.17, 15) is 4.79 Å². The molecule has 0 N–H and O–H groups in total. The molecule has 0 atom stereocenters. The monoisotopic (exact) mass is 294 g/mol. The van der Waals surface area contributed by atoms with Crippen molar-refractivity contribution in [3.05, 3.63) is 29.8 Å². The summed E-state index contributed by atoms with van der Waals surface area (Å²) in [7, 11) is 1.99. The summed E-state index contributed by atoms with van der Waals surface area (Å²) in [6.45, 7) is 4.01. The van der Waals surface area contributed by atoms with E-state index in [1.807, 2.05) is 11.9 Å². The second kappa shape index (κ2) is 7.67. The van der Waals surface area contributed by atoms with Crippen LogP contribution in [0.2, 0.25) is 0 Å². The van der Waals surface area contributed by atoms with Crippen molar-refractivity contribution < 1.29 is 9.53 Å². The lowest BCUT2D eigenvalue weighted by Gasteiger charge is -2.28. The number of thioether (sulfide) groups is 1. The fraction of sp³-hybridized carbons (Fsp3) is 0.533. The first kappa shape index (κ1) is 15.4. The molecule has 5 heteroatoms. The first-order valence-corrected chi connectivity index (χ1v) is 8.08. The van der Waals surface area contributed by atoms with Crippen LogP contribution < -0.4 is 0 Å². The van der Waals surface area contributed by atoms with E-state index in [4.69, 9.17) is 4.74 Å². The van der Waals surface area contributed by atoms with Crippen molar-refractivity contribution in [2.75, 3.05) is 46.2 Å². The second-order valence-electron chi connectivity index (χ2n) is 5.01. The van der Waals surface area contributed by atoms with Crippen LogP contribution in [0.15, 0.2) is 29.2 Å². The van der Waals surface area contributed by atoms with Crippen LogP contribution in [0, 0.1) is 0 Å². The highest BCUT2D eigenvalue weighted by molar-refractivity contribution is 7.98. The normalized spacial score (nSPS) is 15.7. The van der Waals surface area contributed by atoms with Gasteiger partial charge in [0.15, 0.2) is 0 Å². The van der Waals surface area contributed by atoms with Gasteiger partial charge >= 0.3 is 0 Å². The maximum Gasteiger partial charge on any atom is 0.236 e. The van der Waals surface area contributed by atoms with Gasteiger partial charge in [-0.2, -0.15) is 0 Å². The van der Waals surface area contributed by atoms with E-state index in [-0.39, 0.29) is 5.91 Å². The Bertz CT molecular complexity index is 430. The van der Waals surface area contributed by atoms with Gasteiger partial charge in [0, 0.05) is 24.5 Å². The van der Waals surface area contributed by atoms with Crippen LogP contribution in [0.5, 0.6) is 0 Å². The average Bonchev–Trinajstić information content (AvgIpc) is 2.49. The van der Waals surface area contributed by atoms with Gasteiger partial charge in [-0.3, -0.25) is 9.69 Å². The van der Waals surface area contributed by atoms with Gasteiger partial charge < -0.3 is 9.64 Å². The molecule has 1 heterocycles. The number of carbonyl (C=O) groups excluding carboxylic acids is 1. The summed E-state index contributed by atoms with van der Waals surface area (Å²) >= 11 is 1.74. The summed E-state index contributed by atoms with van der Waals surface area (Å²) in [6, 6.07) is 8.50. The molecule has 1 saturated heterocycles. The number of ether oxygens (including phenoxy) is 1. The van der Waals surface area contributed by atoms with E-state index in [2.05, 4.69) is 35.4 Å². The van der Waals surface area contributed by atoms with Crippen LogP contribution in [0.4, 0.5) is 0 Å². The maximum absolute atomic E-state index is 12.1. The minimum Gasteiger partial charge on any atom is -0.378 e. The van der Waals surface area contributed by atoms with Crippen molar-refractivity contribution in [2.45, 2.75) is 11.4 Å². The number of nitrogens with zero attached hydrogens (tertiary/aromatic N) is 2. The lowest BCUT2D eigenvalue weighted by molar-refractivity contribution is -0.136. The Balaban J connectivity index is 1.81. The van der Waals surface area contributed by atoms with Crippen molar-refractivity contribution in [3.63, 3.8) is 0 Å².